The predicted molar refractivity (Wildman–Crippen MR) is 65.7 cm³/mol. The molecule has 92 valence electrons. The van der Waals surface area contributed by atoms with E-state index in [1.807, 2.05) is 6.92 Å². The monoisotopic (exact) mass is 245 g/mol. The zero-order valence-electron chi connectivity index (χ0n) is 9.74. The second-order valence-electron chi connectivity index (χ2n) is 3.57. The van der Waals surface area contributed by atoms with Gasteiger partial charge in [0.15, 0.2) is 5.82 Å². The normalized spacial score (nSPS) is 10.9. The molecule has 0 saturated heterocycles. The minimum atomic E-state index is -0.579. The second-order valence-corrected chi connectivity index (χ2v) is 3.57. The summed E-state index contributed by atoms with van der Waals surface area (Å²) in [4.78, 5) is 18.1. The number of hydrogen-bond donors (Lipinski definition) is 0. The summed E-state index contributed by atoms with van der Waals surface area (Å²) in [5.74, 6) is 0.646. The molecule has 0 N–H and O–H groups in total. The number of furan rings is 1. The minimum Gasteiger partial charge on any atom is -0.401 e. The van der Waals surface area contributed by atoms with Crippen LogP contribution in [0.1, 0.15) is 24.1 Å². The molecule has 0 unspecified atom stereocenters. The molecule has 6 nitrogen and oxygen atoms in total. The summed E-state index contributed by atoms with van der Waals surface area (Å²) in [7, 11) is 0. The number of rotatable bonds is 4. The van der Waals surface area contributed by atoms with Gasteiger partial charge in [0.25, 0.3) is 0 Å². The van der Waals surface area contributed by atoms with Crippen LogP contribution in [-0.2, 0) is 6.42 Å². The zero-order chi connectivity index (χ0) is 13.0. The maximum atomic E-state index is 10.4. The van der Waals surface area contributed by atoms with Gasteiger partial charge in [0, 0.05) is 12.4 Å². The van der Waals surface area contributed by atoms with Crippen molar-refractivity contribution in [1.29, 1.82) is 0 Å². The number of aryl methyl sites for hydroxylation is 1. The molecule has 0 bridgehead atoms. The first-order chi connectivity index (χ1) is 8.69. The summed E-state index contributed by atoms with van der Waals surface area (Å²) in [5, 5.41) is 10.4. The Bertz CT molecular complexity index is 573. The molecule has 0 atom stereocenters. The van der Waals surface area contributed by atoms with Crippen LogP contribution in [0.2, 0.25) is 0 Å². The van der Waals surface area contributed by atoms with Crippen LogP contribution in [0.5, 0.6) is 0 Å². The number of nitrogens with zero attached hydrogens (tertiary/aromatic N) is 3. The van der Waals surface area contributed by atoms with Crippen LogP contribution in [0.15, 0.2) is 28.9 Å². The third kappa shape index (κ3) is 2.79. The van der Waals surface area contributed by atoms with E-state index in [2.05, 4.69) is 9.97 Å². The Morgan fingerprint density at radius 3 is 2.61 bits per heavy atom. The molecule has 0 amide bonds. The lowest BCUT2D eigenvalue weighted by Gasteiger charge is -1.94. The molecule has 2 aromatic rings. The van der Waals surface area contributed by atoms with Gasteiger partial charge in [-0.15, -0.1) is 0 Å². The molecule has 0 spiro atoms. The van der Waals surface area contributed by atoms with E-state index in [4.69, 9.17) is 4.42 Å². The first-order valence-electron chi connectivity index (χ1n) is 5.42. The van der Waals surface area contributed by atoms with Gasteiger partial charge in [-0.25, -0.2) is 9.97 Å². The topological polar surface area (TPSA) is 82.1 Å². The van der Waals surface area contributed by atoms with Crippen LogP contribution < -0.4 is 0 Å². The number of hydrogen-bond acceptors (Lipinski definition) is 5. The highest BCUT2D eigenvalue weighted by molar-refractivity contribution is 5.64. The van der Waals surface area contributed by atoms with Crippen molar-refractivity contribution in [3.8, 4) is 0 Å². The Hall–Kier alpha value is -2.50. The van der Waals surface area contributed by atoms with Gasteiger partial charge in [-0.1, -0.05) is 6.92 Å². The predicted octanol–water partition coefficient (Wildman–Crippen LogP) is 2.71. The van der Waals surface area contributed by atoms with Crippen molar-refractivity contribution in [3.05, 3.63) is 51.8 Å². The Kier molecular flexibility index (Phi) is 3.47. The fraction of sp³-hybridized carbons (Fsp3) is 0.167. The molecule has 2 rings (SSSR count). The van der Waals surface area contributed by atoms with Gasteiger partial charge in [0.05, 0.1) is 6.07 Å². The highest BCUT2D eigenvalue weighted by atomic mass is 16.6. The maximum Gasteiger partial charge on any atom is 0.433 e. The quantitative estimate of drug-likeness (QED) is 0.611. The molecule has 6 heteroatoms. The van der Waals surface area contributed by atoms with Crippen LogP contribution in [0, 0.1) is 10.1 Å². The molecular formula is C12H11N3O3. The van der Waals surface area contributed by atoms with Crippen molar-refractivity contribution < 1.29 is 9.34 Å². The lowest BCUT2D eigenvalue weighted by atomic mass is 10.3. The Morgan fingerprint density at radius 2 is 2.06 bits per heavy atom. The summed E-state index contributed by atoms with van der Waals surface area (Å²) < 4.78 is 4.97. The van der Waals surface area contributed by atoms with E-state index >= 15 is 0 Å². The van der Waals surface area contributed by atoms with E-state index in [1.54, 1.807) is 24.5 Å². The highest BCUT2D eigenvalue weighted by Crippen LogP contribution is 2.17. The van der Waals surface area contributed by atoms with Gasteiger partial charge in [0.2, 0.25) is 0 Å². The molecule has 0 saturated carbocycles. The van der Waals surface area contributed by atoms with Gasteiger partial charge in [-0.2, -0.15) is 0 Å². The third-order valence-corrected chi connectivity index (χ3v) is 2.32. The highest BCUT2D eigenvalue weighted by Gasteiger charge is 2.09. The van der Waals surface area contributed by atoms with Crippen LogP contribution in [0.25, 0.3) is 12.2 Å². The molecule has 2 heterocycles. The van der Waals surface area contributed by atoms with Gasteiger partial charge in [0.1, 0.15) is 10.7 Å². The average molecular weight is 245 g/mol. The van der Waals surface area contributed by atoms with Crippen molar-refractivity contribution in [2.75, 3.05) is 0 Å². The van der Waals surface area contributed by atoms with E-state index in [9.17, 15) is 10.1 Å². The third-order valence-electron chi connectivity index (χ3n) is 2.32. The molecule has 0 aliphatic carbocycles. The van der Waals surface area contributed by atoms with Crippen LogP contribution >= 0.6 is 0 Å². The second kappa shape index (κ2) is 5.22. The van der Waals surface area contributed by atoms with Gasteiger partial charge >= 0.3 is 5.88 Å². The molecule has 2 aromatic heterocycles. The lowest BCUT2D eigenvalue weighted by molar-refractivity contribution is -0.402. The average Bonchev–Trinajstić information content (AvgIpc) is 2.86. The standard InChI is InChI=1S/C12H11N3O3/c1-2-9-7-13-11(14-8-9)5-3-10-4-6-12(18-10)15(16)17/h3-8H,2H2,1H3/b5-3+. The summed E-state index contributed by atoms with van der Waals surface area (Å²) >= 11 is 0. The maximum absolute atomic E-state index is 10.4. The van der Waals surface area contributed by atoms with Crippen LogP contribution in [0.3, 0.4) is 0 Å². The summed E-state index contributed by atoms with van der Waals surface area (Å²) in [6, 6.07) is 2.83. The first-order valence-corrected chi connectivity index (χ1v) is 5.42. The zero-order valence-corrected chi connectivity index (χ0v) is 9.74. The first kappa shape index (κ1) is 12.0. The Labute approximate surface area is 103 Å². The van der Waals surface area contributed by atoms with E-state index in [1.165, 1.54) is 12.1 Å². The molecular weight excluding hydrogens is 234 g/mol. The van der Waals surface area contributed by atoms with Crippen molar-refractivity contribution >= 4 is 18.0 Å². The molecule has 0 radical (unpaired) electrons. The molecule has 18 heavy (non-hydrogen) atoms. The van der Waals surface area contributed by atoms with Gasteiger partial charge in [-0.3, -0.25) is 10.1 Å². The Morgan fingerprint density at radius 1 is 1.33 bits per heavy atom. The van der Waals surface area contributed by atoms with Crippen LogP contribution in [0.4, 0.5) is 5.88 Å². The lowest BCUT2D eigenvalue weighted by Crippen LogP contribution is -1.89. The fourth-order valence-corrected chi connectivity index (χ4v) is 1.32. The van der Waals surface area contributed by atoms with E-state index in [0.717, 1.165) is 12.0 Å². The largest absolute Gasteiger partial charge is 0.433 e. The van der Waals surface area contributed by atoms with Crippen molar-refractivity contribution in [2.45, 2.75) is 13.3 Å². The van der Waals surface area contributed by atoms with Gasteiger partial charge in [-0.05, 0) is 30.2 Å². The number of nitro groups is 1. The molecule has 0 aliphatic rings. The van der Waals surface area contributed by atoms with E-state index < -0.39 is 4.92 Å². The van der Waals surface area contributed by atoms with Gasteiger partial charge < -0.3 is 4.42 Å². The molecule has 0 aliphatic heterocycles. The fourth-order valence-electron chi connectivity index (χ4n) is 1.32. The van der Waals surface area contributed by atoms with Crippen molar-refractivity contribution in [3.63, 3.8) is 0 Å². The summed E-state index contributed by atoms with van der Waals surface area (Å²) in [5.41, 5.74) is 1.06. The minimum absolute atomic E-state index is 0.281. The molecule has 0 fully saturated rings. The Balaban J connectivity index is 2.11. The van der Waals surface area contributed by atoms with Crippen molar-refractivity contribution in [2.24, 2.45) is 0 Å². The molecule has 0 aromatic carbocycles. The van der Waals surface area contributed by atoms with E-state index in [-0.39, 0.29) is 5.88 Å². The van der Waals surface area contributed by atoms with Crippen LogP contribution in [-0.4, -0.2) is 14.9 Å². The number of aromatic nitrogens is 2. The summed E-state index contributed by atoms with van der Waals surface area (Å²) in [6.45, 7) is 2.02. The van der Waals surface area contributed by atoms with Crippen molar-refractivity contribution in [1.82, 2.24) is 9.97 Å². The smallest absolute Gasteiger partial charge is 0.401 e. The SMILES string of the molecule is CCc1cnc(/C=C/c2ccc([N+](=O)[O-])o2)nc1. The summed E-state index contributed by atoms with van der Waals surface area (Å²) in [6.07, 6.45) is 7.61. The van der Waals surface area contributed by atoms with E-state index in [0.29, 0.717) is 11.6 Å².